The molecule has 2 heterocycles. The molecule has 0 aliphatic heterocycles. The van der Waals surface area contributed by atoms with Crippen LogP contribution in [0.15, 0.2) is 17.5 Å². The van der Waals surface area contributed by atoms with Gasteiger partial charge in [-0.2, -0.15) is 0 Å². The first-order chi connectivity index (χ1) is 9.51. The van der Waals surface area contributed by atoms with E-state index < -0.39 is 11.6 Å². The van der Waals surface area contributed by atoms with Crippen LogP contribution in [-0.2, 0) is 12.0 Å². The summed E-state index contributed by atoms with van der Waals surface area (Å²) >= 11 is 2.79. The third-order valence-electron chi connectivity index (χ3n) is 2.63. The monoisotopic (exact) mass is 312 g/mol. The van der Waals surface area contributed by atoms with Gasteiger partial charge in [-0.25, -0.2) is 4.79 Å². The summed E-state index contributed by atoms with van der Waals surface area (Å²) in [5.74, 6) is 0. The first kappa shape index (κ1) is 14.9. The second-order valence-corrected chi connectivity index (χ2v) is 6.42. The Balaban J connectivity index is 1.86. The number of nitrogens with one attached hydrogen (secondary N) is 2. The molecule has 0 aliphatic rings. The average Bonchev–Trinajstić information content (AvgIpc) is 3.07. The Labute approximate surface area is 124 Å². The van der Waals surface area contributed by atoms with Gasteiger partial charge in [-0.15, -0.1) is 21.5 Å². The second kappa shape index (κ2) is 6.29. The van der Waals surface area contributed by atoms with Crippen LogP contribution in [-0.4, -0.2) is 27.9 Å². The van der Waals surface area contributed by atoms with Gasteiger partial charge < -0.3 is 10.4 Å². The fraction of sp³-hybridized carbons (Fsp3) is 0.417. The predicted octanol–water partition coefficient (Wildman–Crippen LogP) is 2.19. The summed E-state index contributed by atoms with van der Waals surface area (Å²) < 4.78 is 0. The van der Waals surface area contributed by atoms with Crippen molar-refractivity contribution < 1.29 is 9.90 Å². The number of nitrogens with zero attached hydrogens (tertiary/aromatic N) is 2. The van der Waals surface area contributed by atoms with Crippen LogP contribution >= 0.6 is 22.7 Å². The molecule has 108 valence electrons. The molecule has 0 fully saturated rings. The molecule has 8 heteroatoms. The van der Waals surface area contributed by atoms with E-state index >= 15 is 0 Å². The Bertz CT molecular complexity index is 566. The SMILES string of the molecule is CCc1nnc(NC(=O)NCC(C)(O)c2cccs2)s1. The highest BCUT2D eigenvalue weighted by Gasteiger charge is 2.24. The molecule has 0 radical (unpaired) electrons. The van der Waals surface area contributed by atoms with Crippen molar-refractivity contribution in [1.29, 1.82) is 0 Å². The van der Waals surface area contributed by atoms with Crippen LogP contribution in [0.2, 0.25) is 0 Å². The minimum Gasteiger partial charge on any atom is -0.383 e. The smallest absolute Gasteiger partial charge is 0.321 e. The molecule has 2 aromatic rings. The lowest BCUT2D eigenvalue weighted by Crippen LogP contribution is -2.40. The van der Waals surface area contributed by atoms with Crippen LogP contribution in [0, 0.1) is 0 Å². The number of amides is 2. The lowest BCUT2D eigenvalue weighted by Gasteiger charge is -2.22. The predicted molar refractivity (Wildman–Crippen MR) is 80.2 cm³/mol. The van der Waals surface area contributed by atoms with Gasteiger partial charge >= 0.3 is 6.03 Å². The van der Waals surface area contributed by atoms with E-state index in [1.54, 1.807) is 6.92 Å². The number of carbonyl (C=O) groups excluding carboxylic acids is 1. The van der Waals surface area contributed by atoms with Crippen LogP contribution in [0.4, 0.5) is 9.93 Å². The van der Waals surface area contributed by atoms with Gasteiger partial charge in [0.2, 0.25) is 5.13 Å². The Morgan fingerprint density at radius 1 is 1.50 bits per heavy atom. The third-order valence-corrected chi connectivity index (χ3v) is 4.74. The number of rotatable bonds is 5. The largest absolute Gasteiger partial charge is 0.383 e. The van der Waals surface area contributed by atoms with Crippen LogP contribution in [0.5, 0.6) is 0 Å². The maximum absolute atomic E-state index is 11.7. The molecule has 2 amide bonds. The van der Waals surface area contributed by atoms with Gasteiger partial charge in [0.1, 0.15) is 10.6 Å². The van der Waals surface area contributed by atoms with E-state index in [4.69, 9.17) is 0 Å². The summed E-state index contributed by atoms with van der Waals surface area (Å²) in [5.41, 5.74) is -1.08. The molecule has 0 spiro atoms. The highest BCUT2D eigenvalue weighted by atomic mass is 32.1. The van der Waals surface area contributed by atoms with Crippen LogP contribution < -0.4 is 10.6 Å². The van der Waals surface area contributed by atoms with Crippen molar-refractivity contribution in [2.45, 2.75) is 25.9 Å². The first-order valence-electron chi connectivity index (χ1n) is 6.15. The maximum atomic E-state index is 11.7. The van der Waals surface area contributed by atoms with E-state index in [9.17, 15) is 9.90 Å². The molecular formula is C12H16N4O2S2. The number of aliphatic hydroxyl groups is 1. The number of urea groups is 1. The fourth-order valence-electron chi connectivity index (χ4n) is 1.51. The van der Waals surface area contributed by atoms with Gasteiger partial charge in [0.05, 0.1) is 6.54 Å². The summed E-state index contributed by atoms with van der Waals surface area (Å²) in [4.78, 5) is 12.5. The fourth-order valence-corrected chi connectivity index (χ4v) is 2.97. The van der Waals surface area contributed by atoms with Gasteiger partial charge in [0.25, 0.3) is 0 Å². The highest BCUT2D eigenvalue weighted by molar-refractivity contribution is 7.15. The number of hydrogen-bond acceptors (Lipinski definition) is 6. The molecule has 20 heavy (non-hydrogen) atoms. The molecule has 0 saturated carbocycles. The number of thiophene rings is 1. The van der Waals surface area contributed by atoms with Crippen molar-refractivity contribution in [2.75, 3.05) is 11.9 Å². The van der Waals surface area contributed by atoms with Gasteiger partial charge in [-0.3, -0.25) is 5.32 Å². The molecule has 6 nitrogen and oxygen atoms in total. The normalized spacial score (nSPS) is 13.8. The Kier molecular flexibility index (Phi) is 4.69. The molecule has 0 aliphatic carbocycles. The molecule has 0 aromatic carbocycles. The summed E-state index contributed by atoms with van der Waals surface area (Å²) in [6, 6.07) is 3.30. The van der Waals surface area contributed by atoms with Gasteiger partial charge in [-0.1, -0.05) is 24.3 Å². The highest BCUT2D eigenvalue weighted by Crippen LogP contribution is 2.24. The topological polar surface area (TPSA) is 87.1 Å². The van der Waals surface area contributed by atoms with Crippen molar-refractivity contribution in [3.63, 3.8) is 0 Å². The van der Waals surface area contributed by atoms with E-state index in [1.165, 1.54) is 22.7 Å². The summed E-state index contributed by atoms with van der Waals surface area (Å²) in [5, 5.41) is 26.5. The first-order valence-corrected chi connectivity index (χ1v) is 7.84. The second-order valence-electron chi connectivity index (χ2n) is 4.41. The summed E-state index contributed by atoms with van der Waals surface area (Å²) in [6.07, 6.45) is 0.786. The van der Waals surface area contributed by atoms with E-state index in [2.05, 4.69) is 20.8 Å². The molecule has 2 rings (SSSR count). The lowest BCUT2D eigenvalue weighted by atomic mass is 10.1. The number of anilines is 1. The zero-order valence-electron chi connectivity index (χ0n) is 11.2. The number of hydrogen-bond donors (Lipinski definition) is 3. The van der Waals surface area contributed by atoms with E-state index in [-0.39, 0.29) is 6.54 Å². The zero-order valence-corrected chi connectivity index (χ0v) is 12.8. The van der Waals surface area contributed by atoms with Crippen molar-refractivity contribution in [1.82, 2.24) is 15.5 Å². The molecule has 0 bridgehead atoms. The van der Waals surface area contributed by atoms with Crippen molar-refractivity contribution in [3.8, 4) is 0 Å². The van der Waals surface area contributed by atoms with Crippen LogP contribution in [0.1, 0.15) is 23.7 Å². The van der Waals surface area contributed by atoms with Crippen LogP contribution in [0.3, 0.4) is 0 Å². The van der Waals surface area contributed by atoms with Gasteiger partial charge in [0, 0.05) is 4.88 Å². The molecule has 1 unspecified atom stereocenters. The molecule has 0 saturated heterocycles. The summed E-state index contributed by atoms with van der Waals surface area (Å²) in [6.45, 7) is 3.76. The Hall–Kier alpha value is -1.51. The molecule has 2 aromatic heterocycles. The van der Waals surface area contributed by atoms with Crippen molar-refractivity contribution >= 4 is 33.8 Å². The van der Waals surface area contributed by atoms with E-state index in [0.717, 1.165) is 16.3 Å². The average molecular weight is 312 g/mol. The molecule has 1 atom stereocenters. The quantitative estimate of drug-likeness (QED) is 0.790. The lowest BCUT2D eigenvalue weighted by molar-refractivity contribution is 0.0637. The van der Waals surface area contributed by atoms with Crippen molar-refractivity contribution in [2.24, 2.45) is 0 Å². The standard InChI is InChI=1S/C12H16N4O2S2/c1-3-9-15-16-11(20-9)14-10(17)13-7-12(2,18)8-5-4-6-19-8/h4-6,18H,3,7H2,1-2H3,(H2,13,14,16,17). The minimum absolute atomic E-state index is 0.124. The maximum Gasteiger partial charge on any atom is 0.321 e. The summed E-state index contributed by atoms with van der Waals surface area (Å²) in [7, 11) is 0. The number of carbonyl (C=O) groups is 1. The minimum atomic E-state index is -1.08. The third kappa shape index (κ3) is 3.75. The van der Waals surface area contributed by atoms with Gasteiger partial charge in [0.15, 0.2) is 0 Å². The Morgan fingerprint density at radius 3 is 2.90 bits per heavy atom. The molecule has 3 N–H and O–H groups in total. The molecular weight excluding hydrogens is 296 g/mol. The van der Waals surface area contributed by atoms with Crippen molar-refractivity contribution in [3.05, 3.63) is 27.4 Å². The van der Waals surface area contributed by atoms with E-state index in [1.807, 2.05) is 24.4 Å². The zero-order chi connectivity index (χ0) is 14.6. The van der Waals surface area contributed by atoms with Gasteiger partial charge in [-0.05, 0) is 24.8 Å². The Morgan fingerprint density at radius 2 is 2.30 bits per heavy atom. The number of aromatic nitrogens is 2. The van der Waals surface area contributed by atoms with E-state index in [0.29, 0.717) is 5.13 Å². The number of aryl methyl sites for hydroxylation is 1. The van der Waals surface area contributed by atoms with Crippen LogP contribution in [0.25, 0.3) is 0 Å².